The lowest BCUT2D eigenvalue weighted by Gasteiger charge is -2.35. The van der Waals surface area contributed by atoms with E-state index in [0.29, 0.717) is 26.3 Å². The first-order chi connectivity index (χ1) is 9.20. The zero-order valence-electron chi connectivity index (χ0n) is 12.6. The molecule has 0 aromatic rings. The van der Waals surface area contributed by atoms with Gasteiger partial charge in [-0.1, -0.05) is 25.7 Å². The fraction of sp³-hybridized carbons (Fsp3) is 0.933. The number of hydrogen-bond acceptors (Lipinski definition) is 3. The van der Waals surface area contributed by atoms with E-state index in [4.69, 9.17) is 10.5 Å². The van der Waals surface area contributed by atoms with Crippen molar-refractivity contribution in [2.45, 2.75) is 52.4 Å². The van der Waals surface area contributed by atoms with E-state index < -0.39 is 0 Å². The van der Waals surface area contributed by atoms with Crippen molar-refractivity contribution in [3.8, 4) is 0 Å². The highest BCUT2D eigenvalue weighted by atomic mass is 16.5. The second-order valence-electron chi connectivity index (χ2n) is 5.48. The Balaban J connectivity index is 2.67. The van der Waals surface area contributed by atoms with E-state index in [-0.39, 0.29) is 11.3 Å². The summed E-state index contributed by atoms with van der Waals surface area (Å²) in [6.45, 7) is 7.25. The van der Waals surface area contributed by atoms with Crippen LogP contribution in [-0.2, 0) is 9.53 Å². The molecular formula is C15H30N2O2. The van der Waals surface area contributed by atoms with Crippen LogP contribution in [0.25, 0.3) is 0 Å². The quantitative estimate of drug-likeness (QED) is 0.570. The van der Waals surface area contributed by atoms with Crippen LogP contribution in [0.2, 0.25) is 0 Å². The van der Waals surface area contributed by atoms with Crippen molar-refractivity contribution < 1.29 is 9.53 Å². The van der Waals surface area contributed by atoms with Crippen LogP contribution in [-0.4, -0.2) is 43.7 Å². The van der Waals surface area contributed by atoms with Crippen LogP contribution in [0.5, 0.6) is 0 Å². The van der Waals surface area contributed by atoms with Gasteiger partial charge >= 0.3 is 0 Å². The van der Waals surface area contributed by atoms with Crippen molar-refractivity contribution in [2.24, 2.45) is 11.1 Å². The van der Waals surface area contributed by atoms with Crippen molar-refractivity contribution in [3.05, 3.63) is 0 Å². The Labute approximate surface area is 117 Å². The van der Waals surface area contributed by atoms with Crippen molar-refractivity contribution >= 4 is 5.91 Å². The molecule has 1 fully saturated rings. The summed E-state index contributed by atoms with van der Waals surface area (Å²) in [6.07, 6.45) is 6.64. The van der Waals surface area contributed by atoms with E-state index in [1.54, 1.807) is 0 Å². The lowest BCUT2D eigenvalue weighted by Crippen LogP contribution is -2.48. The summed E-state index contributed by atoms with van der Waals surface area (Å²) >= 11 is 0. The van der Waals surface area contributed by atoms with E-state index in [0.717, 1.165) is 32.2 Å². The van der Waals surface area contributed by atoms with E-state index in [9.17, 15) is 4.79 Å². The number of hydrogen-bond donors (Lipinski definition) is 1. The summed E-state index contributed by atoms with van der Waals surface area (Å²) in [4.78, 5) is 14.7. The van der Waals surface area contributed by atoms with Crippen LogP contribution in [0.1, 0.15) is 52.4 Å². The Kier molecular flexibility index (Phi) is 7.39. The number of nitrogens with zero attached hydrogens (tertiary/aromatic N) is 1. The highest BCUT2D eigenvalue weighted by Gasteiger charge is 2.39. The molecule has 0 heterocycles. The maximum absolute atomic E-state index is 12.8. The number of ether oxygens (including phenoxy) is 1. The van der Waals surface area contributed by atoms with Gasteiger partial charge < -0.3 is 15.4 Å². The lowest BCUT2D eigenvalue weighted by molar-refractivity contribution is -0.143. The number of rotatable bonds is 7. The standard InChI is InChI=1S/C15H30N2O2/c1-3-17(11-12-19-4-2)14(18)15(13-16)9-7-5-6-8-10-15/h3-13,16H2,1-2H3. The van der Waals surface area contributed by atoms with Gasteiger partial charge in [0.1, 0.15) is 0 Å². The van der Waals surface area contributed by atoms with Gasteiger partial charge in [0.05, 0.1) is 12.0 Å². The molecule has 0 saturated heterocycles. The largest absolute Gasteiger partial charge is 0.380 e. The fourth-order valence-electron chi connectivity index (χ4n) is 2.97. The molecule has 4 heteroatoms. The zero-order valence-corrected chi connectivity index (χ0v) is 12.6. The molecule has 0 radical (unpaired) electrons. The molecule has 4 nitrogen and oxygen atoms in total. The minimum Gasteiger partial charge on any atom is -0.380 e. The van der Waals surface area contributed by atoms with Crippen LogP contribution in [0.4, 0.5) is 0 Å². The average molecular weight is 270 g/mol. The number of likely N-dealkylation sites (N-methyl/N-ethyl adjacent to an activating group) is 1. The van der Waals surface area contributed by atoms with Gasteiger partial charge in [-0.15, -0.1) is 0 Å². The van der Waals surface area contributed by atoms with Gasteiger partial charge in [0.25, 0.3) is 0 Å². The van der Waals surface area contributed by atoms with Crippen molar-refractivity contribution in [3.63, 3.8) is 0 Å². The molecule has 112 valence electrons. The third-order valence-electron chi connectivity index (χ3n) is 4.28. The average Bonchev–Trinajstić information content (AvgIpc) is 2.69. The molecule has 19 heavy (non-hydrogen) atoms. The Morgan fingerprint density at radius 3 is 2.32 bits per heavy atom. The molecule has 0 unspecified atom stereocenters. The van der Waals surface area contributed by atoms with Crippen LogP contribution in [0.15, 0.2) is 0 Å². The van der Waals surface area contributed by atoms with Gasteiger partial charge in [0.2, 0.25) is 5.91 Å². The lowest BCUT2D eigenvalue weighted by atomic mass is 9.79. The monoisotopic (exact) mass is 270 g/mol. The topological polar surface area (TPSA) is 55.6 Å². The van der Waals surface area contributed by atoms with Gasteiger partial charge in [-0.25, -0.2) is 0 Å². The molecule has 0 aromatic carbocycles. The molecule has 2 N–H and O–H groups in total. The Bertz CT molecular complexity index is 261. The predicted molar refractivity (Wildman–Crippen MR) is 77.9 cm³/mol. The second-order valence-corrected chi connectivity index (χ2v) is 5.48. The molecule has 0 atom stereocenters. The minimum absolute atomic E-state index is 0.249. The smallest absolute Gasteiger partial charge is 0.230 e. The summed E-state index contributed by atoms with van der Waals surface area (Å²) in [6, 6.07) is 0. The fourth-order valence-corrected chi connectivity index (χ4v) is 2.97. The Morgan fingerprint density at radius 2 is 1.84 bits per heavy atom. The summed E-state index contributed by atoms with van der Waals surface area (Å²) in [7, 11) is 0. The number of amides is 1. The van der Waals surface area contributed by atoms with Crippen LogP contribution < -0.4 is 5.73 Å². The van der Waals surface area contributed by atoms with Gasteiger partial charge in [-0.2, -0.15) is 0 Å². The first-order valence-electron chi connectivity index (χ1n) is 7.77. The van der Waals surface area contributed by atoms with E-state index in [1.165, 1.54) is 12.8 Å². The number of nitrogens with two attached hydrogens (primary N) is 1. The van der Waals surface area contributed by atoms with E-state index in [1.807, 2.05) is 18.7 Å². The van der Waals surface area contributed by atoms with Gasteiger partial charge in [0.15, 0.2) is 0 Å². The van der Waals surface area contributed by atoms with Crippen LogP contribution in [0, 0.1) is 5.41 Å². The highest BCUT2D eigenvalue weighted by molar-refractivity contribution is 5.83. The first kappa shape index (κ1) is 16.4. The Hall–Kier alpha value is -0.610. The summed E-state index contributed by atoms with van der Waals surface area (Å²) in [5, 5.41) is 0. The van der Waals surface area contributed by atoms with Crippen LogP contribution in [0.3, 0.4) is 0 Å². The molecule has 1 aliphatic rings. The van der Waals surface area contributed by atoms with Crippen molar-refractivity contribution in [2.75, 3.05) is 32.8 Å². The van der Waals surface area contributed by atoms with Gasteiger partial charge in [-0.05, 0) is 26.7 Å². The maximum atomic E-state index is 12.8. The molecule has 1 amide bonds. The molecule has 0 aromatic heterocycles. The molecule has 1 saturated carbocycles. The predicted octanol–water partition coefficient (Wildman–Crippen LogP) is 2.17. The second kappa shape index (κ2) is 8.54. The summed E-state index contributed by atoms with van der Waals surface area (Å²) < 4.78 is 5.37. The number of carbonyl (C=O) groups is 1. The van der Waals surface area contributed by atoms with Gasteiger partial charge in [0, 0.05) is 26.2 Å². The van der Waals surface area contributed by atoms with Crippen molar-refractivity contribution in [1.29, 1.82) is 0 Å². The van der Waals surface area contributed by atoms with Crippen LogP contribution >= 0.6 is 0 Å². The SMILES string of the molecule is CCOCCN(CC)C(=O)C1(CN)CCCCCC1. The summed E-state index contributed by atoms with van der Waals surface area (Å²) in [5.74, 6) is 0.249. The third kappa shape index (κ3) is 4.46. The third-order valence-corrected chi connectivity index (χ3v) is 4.28. The molecular weight excluding hydrogens is 240 g/mol. The Morgan fingerprint density at radius 1 is 1.21 bits per heavy atom. The molecule has 1 aliphatic carbocycles. The first-order valence-corrected chi connectivity index (χ1v) is 7.77. The zero-order chi connectivity index (χ0) is 14.1. The minimum atomic E-state index is -0.307. The molecule has 0 aliphatic heterocycles. The van der Waals surface area contributed by atoms with E-state index >= 15 is 0 Å². The van der Waals surface area contributed by atoms with E-state index in [2.05, 4.69) is 0 Å². The number of carbonyl (C=O) groups excluding carboxylic acids is 1. The van der Waals surface area contributed by atoms with Gasteiger partial charge in [-0.3, -0.25) is 4.79 Å². The highest BCUT2D eigenvalue weighted by Crippen LogP contribution is 2.35. The maximum Gasteiger partial charge on any atom is 0.230 e. The molecule has 0 spiro atoms. The normalized spacial score (nSPS) is 18.9. The van der Waals surface area contributed by atoms with Crippen molar-refractivity contribution in [1.82, 2.24) is 4.90 Å². The summed E-state index contributed by atoms with van der Waals surface area (Å²) in [5.41, 5.74) is 5.67. The molecule has 1 rings (SSSR count). The molecule has 0 bridgehead atoms.